The average Bonchev–Trinajstić information content (AvgIpc) is 4.03. The van der Waals surface area contributed by atoms with Crippen LogP contribution in [0.2, 0.25) is 0 Å². The lowest BCUT2D eigenvalue weighted by Crippen LogP contribution is -2.10. The van der Waals surface area contributed by atoms with E-state index in [2.05, 4.69) is 12.2 Å². The summed E-state index contributed by atoms with van der Waals surface area (Å²) in [4.78, 5) is 14.5. The van der Waals surface area contributed by atoms with Crippen LogP contribution in [0.1, 0.15) is 40.3 Å². The highest BCUT2D eigenvalue weighted by Gasteiger charge is 2.23. The Bertz CT molecular complexity index is 3690. The first-order valence-electron chi connectivity index (χ1n) is 24.1. The van der Waals surface area contributed by atoms with E-state index in [1.165, 1.54) is 0 Å². The molecule has 0 aliphatic heterocycles. The van der Waals surface area contributed by atoms with Gasteiger partial charge in [-0.05, 0) is 60.3 Å². The quantitative estimate of drug-likeness (QED) is 0.187. The lowest BCUT2D eigenvalue weighted by atomic mass is 9.95. The minimum absolute atomic E-state index is 0.198. The summed E-state index contributed by atoms with van der Waals surface area (Å²) in [6.07, 6.45) is 7.98. The maximum atomic E-state index is 9.19. The molecule has 0 spiro atoms. The first-order chi connectivity index (χ1) is 32.0. The van der Waals surface area contributed by atoms with Gasteiger partial charge in [-0.15, -0.1) is 0 Å². The van der Waals surface area contributed by atoms with Crippen molar-refractivity contribution in [3.63, 3.8) is 0 Å². The van der Waals surface area contributed by atoms with Gasteiger partial charge in [0.1, 0.15) is 11.2 Å². The van der Waals surface area contributed by atoms with Crippen LogP contribution >= 0.6 is 0 Å². The van der Waals surface area contributed by atoms with Gasteiger partial charge in [-0.3, -0.25) is 9.13 Å². The highest BCUT2D eigenvalue weighted by atomic mass is 16.3. The van der Waals surface area contributed by atoms with Crippen LogP contribution in [0.4, 0.5) is 0 Å². The molecule has 6 aromatic carbocycles. The molecule has 0 bridgehead atoms. The Hall–Kier alpha value is -6.79. The maximum Gasteiger partial charge on any atom is 0.240 e. The van der Waals surface area contributed by atoms with Gasteiger partial charge < -0.3 is 4.42 Å². The molecule has 0 radical (unpaired) electrons. The lowest BCUT2D eigenvalue weighted by Gasteiger charge is -2.12. The van der Waals surface area contributed by atoms with Crippen LogP contribution < -0.4 is 0 Å². The second-order valence-electron chi connectivity index (χ2n) is 11.9. The largest absolute Gasteiger partial charge is 0.455 e. The maximum absolute atomic E-state index is 9.19. The van der Waals surface area contributed by atoms with Crippen LogP contribution in [0.5, 0.6) is 0 Å². The van der Waals surface area contributed by atoms with Gasteiger partial charge in [-0.25, -0.2) is 0 Å². The summed E-state index contributed by atoms with van der Waals surface area (Å²) in [5.41, 5.74) is 1.57. The molecule has 0 N–H and O–H groups in total. The normalized spacial score (nSPS) is 17.8. The summed E-state index contributed by atoms with van der Waals surface area (Å²) >= 11 is 0. The summed E-state index contributed by atoms with van der Waals surface area (Å²) in [5, 5.41) is 0.343. The van der Waals surface area contributed by atoms with Crippen molar-refractivity contribution < 1.29 is 26.3 Å². The molecule has 10 aromatic rings. The summed E-state index contributed by atoms with van der Waals surface area (Å²) in [6, 6.07) is 0.314. The predicted octanol–water partition coefficient (Wildman–Crippen LogP) is 11.4. The zero-order valence-corrected chi connectivity index (χ0v) is 26.3. The number of rotatable bonds is 4. The van der Waals surface area contributed by atoms with Gasteiger partial charge in [0.2, 0.25) is 11.9 Å². The molecular weight excluding hydrogens is 627 g/mol. The van der Waals surface area contributed by atoms with E-state index in [1.54, 1.807) is 18.2 Å². The molecule has 1 aliphatic rings. The van der Waals surface area contributed by atoms with Crippen molar-refractivity contribution in [1.82, 2.24) is 24.1 Å². The van der Waals surface area contributed by atoms with Crippen LogP contribution in [-0.2, 0) is 0 Å². The van der Waals surface area contributed by atoms with Crippen molar-refractivity contribution in [2.45, 2.75) is 12.8 Å². The van der Waals surface area contributed by atoms with Crippen LogP contribution in [-0.4, -0.2) is 24.1 Å². The molecule has 0 saturated carbocycles. The fraction of sp³-hybridized carbons (Fsp3) is 0.0444. The van der Waals surface area contributed by atoms with Gasteiger partial charge in [0.15, 0.2) is 5.82 Å². The highest BCUT2D eigenvalue weighted by Crippen LogP contribution is 2.40. The van der Waals surface area contributed by atoms with Crippen molar-refractivity contribution in [1.29, 1.82) is 0 Å². The van der Waals surface area contributed by atoms with E-state index < -0.39 is 109 Å². The standard InChI is InChI=1S/C45H29N5O/c1-2-14-28(15-3-1)29-20-13-27-40-41(29)34-21-12-22-35(42(34)51-40)43-46-44(49-36-23-8-4-16-30(36)31-17-5-9-24-37(31)49)48-45(47-43)50-38-25-10-6-18-32(38)33-19-7-11-26-39(33)50/h2,4-27H,1,3H2/i4D,5D,6D,7D,8D,9D,10D,11D,16D,17D,18D,19D,23D,24D,25D,26D. The Morgan fingerprint density at radius 3 is 1.63 bits per heavy atom. The zero-order chi connectivity index (χ0) is 47.4. The number of benzene rings is 6. The number of nitrogens with zero attached hydrogens (tertiary/aromatic N) is 5. The van der Waals surface area contributed by atoms with Crippen molar-refractivity contribution in [3.8, 4) is 23.3 Å². The lowest BCUT2D eigenvalue weighted by molar-refractivity contribution is 0.669. The minimum atomic E-state index is -0.702. The first kappa shape index (κ1) is 16.7. The molecule has 1 aliphatic carbocycles. The predicted molar refractivity (Wildman–Crippen MR) is 208 cm³/mol. The van der Waals surface area contributed by atoms with Crippen molar-refractivity contribution >= 4 is 71.1 Å². The molecular formula is C45H29N5O. The molecule has 0 saturated heterocycles. The van der Waals surface area contributed by atoms with E-state index >= 15 is 0 Å². The summed E-state index contributed by atoms with van der Waals surface area (Å²) in [6.45, 7) is 0. The Balaban J connectivity index is 1.36. The number of furan rings is 1. The molecule has 6 heteroatoms. The average molecular weight is 672 g/mol. The first-order valence-corrected chi connectivity index (χ1v) is 16.1. The number of aromatic nitrogens is 5. The monoisotopic (exact) mass is 671 g/mol. The van der Waals surface area contributed by atoms with E-state index in [0.717, 1.165) is 38.5 Å². The third-order valence-electron chi connectivity index (χ3n) is 9.15. The zero-order valence-electron chi connectivity index (χ0n) is 42.3. The van der Waals surface area contributed by atoms with Gasteiger partial charge in [0.05, 0.1) is 49.6 Å². The van der Waals surface area contributed by atoms with Gasteiger partial charge in [0, 0.05) is 32.3 Å². The Morgan fingerprint density at radius 1 is 0.549 bits per heavy atom. The number of allylic oxidation sites excluding steroid dienone is 4. The van der Waals surface area contributed by atoms with Crippen LogP contribution in [0.15, 0.2) is 156 Å². The van der Waals surface area contributed by atoms with Crippen molar-refractivity contribution in [3.05, 3.63) is 157 Å². The molecule has 4 aromatic heterocycles. The molecule has 0 fully saturated rings. The van der Waals surface area contributed by atoms with E-state index in [0.29, 0.717) is 11.0 Å². The Kier molecular flexibility index (Phi) is 3.56. The second-order valence-corrected chi connectivity index (χ2v) is 11.9. The summed E-state index contributed by atoms with van der Waals surface area (Å²) in [5.74, 6) is -1.17. The number of hydrogen-bond donors (Lipinski definition) is 0. The fourth-order valence-electron chi connectivity index (χ4n) is 6.99. The Labute approximate surface area is 314 Å². The molecule has 51 heavy (non-hydrogen) atoms. The van der Waals surface area contributed by atoms with E-state index in [1.807, 2.05) is 24.3 Å². The topological polar surface area (TPSA) is 61.7 Å². The van der Waals surface area contributed by atoms with Gasteiger partial charge in [0.25, 0.3) is 0 Å². The molecule has 4 heterocycles. The Morgan fingerprint density at radius 2 is 1.08 bits per heavy atom. The van der Waals surface area contributed by atoms with Crippen molar-refractivity contribution in [2.75, 3.05) is 0 Å². The molecule has 11 rings (SSSR count). The fourth-order valence-corrected chi connectivity index (χ4v) is 6.99. The molecule has 0 amide bonds. The molecule has 240 valence electrons. The molecule has 0 unspecified atom stereocenters. The van der Waals surface area contributed by atoms with Crippen LogP contribution in [0.25, 0.3) is 94.4 Å². The second kappa shape index (κ2) is 10.9. The van der Waals surface area contributed by atoms with E-state index in [-0.39, 0.29) is 60.6 Å². The van der Waals surface area contributed by atoms with Gasteiger partial charge >= 0.3 is 0 Å². The van der Waals surface area contributed by atoms with Crippen LogP contribution in [0, 0.1) is 0 Å². The third-order valence-corrected chi connectivity index (χ3v) is 9.15. The highest BCUT2D eigenvalue weighted by molar-refractivity contribution is 6.14. The SMILES string of the molecule is [2H]c1c([2H])c([2H])c2c(c1[2H])c1c([2H])c([2H])c([2H])c([2H])c1n2-c1nc(-c2cccc3c2oc2cccc(C4=CCCC=C4)c23)nc(-n2c3c([2H])c([2H])c([2H])c([2H])c3c3c([2H])c([2H])c([2H])c([2H])c32)n1. The summed E-state index contributed by atoms with van der Waals surface area (Å²) < 4.78 is 151. The van der Waals surface area contributed by atoms with E-state index in [4.69, 9.17) is 35.8 Å². The van der Waals surface area contributed by atoms with E-state index in [9.17, 15) is 5.48 Å². The number of para-hydroxylation sites is 5. The number of hydrogen-bond acceptors (Lipinski definition) is 4. The molecule has 0 atom stereocenters. The van der Waals surface area contributed by atoms with Crippen molar-refractivity contribution in [2.24, 2.45) is 0 Å². The van der Waals surface area contributed by atoms with Gasteiger partial charge in [-0.1, -0.05) is 115 Å². The summed E-state index contributed by atoms with van der Waals surface area (Å²) in [7, 11) is 0. The number of fused-ring (bicyclic) bond motifs is 9. The van der Waals surface area contributed by atoms with Gasteiger partial charge in [-0.2, -0.15) is 15.0 Å². The smallest absolute Gasteiger partial charge is 0.240 e. The minimum Gasteiger partial charge on any atom is -0.455 e. The third kappa shape index (κ3) is 4.14. The van der Waals surface area contributed by atoms with Crippen LogP contribution in [0.3, 0.4) is 0 Å². The molecule has 6 nitrogen and oxygen atoms in total.